The molecule has 0 radical (unpaired) electrons. The zero-order chi connectivity index (χ0) is 38.6. The molecule has 1 saturated carbocycles. The van der Waals surface area contributed by atoms with E-state index in [0.29, 0.717) is 23.4 Å². The van der Waals surface area contributed by atoms with Crippen molar-refractivity contribution in [2.75, 3.05) is 0 Å². The average molecular weight is 746 g/mol. The lowest BCUT2D eigenvalue weighted by atomic mass is 9.58. The van der Waals surface area contributed by atoms with Crippen LogP contribution < -0.4 is 0 Å². The van der Waals surface area contributed by atoms with Crippen LogP contribution in [0.5, 0.6) is 0 Å². The summed E-state index contributed by atoms with van der Waals surface area (Å²) in [6.45, 7) is 2.41. The number of nitrogens with zero attached hydrogens (tertiary/aromatic N) is 3. The van der Waals surface area contributed by atoms with Crippen molar-refractivity contribution in [2.24, 2.45) is 11.8 Å². The lowest BCUT2D eigenvalue weighted by Crippen LogP contribution is -2.36. The van der Waals surface area contributed by atoms with Crippen LogP contribution in [-0.2, 0) is 5.41 Å². The van der Waals surface area contributed by atoms with Gasteiger partial charge in [-0.05, 0) is 111 Å². The van der Waals surface area contributed by atoms with E-state index in [1.54, 1.807) is 5.57 Å². The fourth-order valence-electron chi connectivity index (χ4n) is 10.2. The highest BCUT2D eigenvalue weighted by molar-refractivity contribution is 5.87. The number of hydrogen-bond acceptors (Lipinski definition) is 3. The summed E-state index contributed by atoms with van der Waals surface area (Å²) in [7, 11) is 0. The molecule has 0 N–H and O–H groups in total. The summed E-state index contributed by atoms with van der Waals surface area (Å²) in [5.41, 5.74) is 17.4. The molecule has 278 valence electrons. The topological polar surface area (TPSA) is 38.7 Å². The maximum atomic E-state index is 5.09. The van der Waals surface area contributed by atoms with E-state index in [-0.39, 0.29) is 5.41 Å². The Hall–Kier alpha value is -6.71. The molecule has 3 nitrogen and oxygen atoms in total. The summed E-state index contributed by atoms with van der Waals surface area (Å²) < 4.78 is 0. The van der Waals surface area contributed by atoms with E-state index in [4.69, 9.17) is 15.0 Å². The standard InChI is InChI=1S/C55H43N3/c1-36-30-37-28-29-55(47(31-36)32-37)50-21-9-8-20-48(50)49-35-45(26-27-51(49)55)43-17-10-16-42(33-43)44-18-11-19-46(34-44)54-57-52(40-14-6-3-7-15-40)56-53(58-54)41-24-22-39(23-25-41)38-12-4-2-5-13-38/h2-27,31,33-37H,28-30,32H2,1H3. The van der Waals surface area contributed by atoms with E-state index in [0.717, 1.165) is 39.3 Å². The molecule has 3 atom stereocenters. The Bertz CT molecular complexity index is 2860. The van der Waals surface area contributed by atoms with Gasteiger partial charge in [0, 0.05) is 22.1 Å². The van der Waals surface area contributed by atoms with Crippen molar-refractivity contribution >= 4 is 0 Å². The maximum absolute atomic E-state index is 5.09. The Morgan fingerprint density at radius 1 is 0.431 bits per heavy atom. The molecule has 3 heteroatoms. The Balaban J connectivity index is 0.955. The molecule has 58 heavy (non-hydrogen) atoms. The van der Waals surface area contributed by atoms with Gasteiger partial charge < -0.3 is 0 Å². The Kier molecular flexibility index (Phi) is 8.36. The fraction of sp³-hybridized carbons (Fsp3) is 0.145. The number of allylic oxidation sites excluding steroid dienone is 2. The molecule has 7 aromatic carbocycles. The summed E-state index contributed by atoms with van der Waals surface area (Å²) in [6.07, 6.45) is 7.71. The first-order chi connectivity index (χ1) is 28.6. The van der Waals surface area contributed by atoms with E-state index >= 15 is 0 Å². The van der Waals surface area contributed by atoms with Gasteiger partial charge in [-0.2, -0.15) is 0 Å². The van der Waals surface area contributed by atoms with Crippen LogP contribution >= 0.6 is 0 Å². The van der Waals surface area contributed by atoms with Crippen LogP contribution in [0.2, 0.25) is 0 Å². The van der Waals surface area contributed by atoms with Gasteiger partial charge in [0.05, 0.1) is 0 Å². The summed E-state index contributed by atoms with van der Waals surface area (Å²) in [5.74, 6) is 3.43. The minimum absolute atomic E-state index is 0.0127. The smallest absolute Gasteiger partial charge is 0.164 e. The maximum Gasteiger partial charge on any atom is 0.164 e. The lowest BCUT2D eigenvalue weighted by molar-refractivity contribution is 0.284. The Morgan fingerprint density at radius 2 is 0.914 bits per heavy atom. The van der Waals surface area contributed by atoms with Gasteiger partial charge in [-0.25, -0.2) is 15.0 Å². The third-order valence-electron chi connectivity index (χ3n) is 12.9. The van der Waals surface area contributed by atoms with Gasteiger partial charge in [0.2, 0.25) is 0 Å². The molecule has 11 rings (SSSR count). The number of benzene rings is 7. The van der Waals surface area contributed by atoms with Gasteiger partial charge in [0.25, 0.3) is 0 Å². The molecule has 3 aliphatic rings. The van der Waals surface area contributed by atoms with Crippen LogP contribution in [-0.4, -0.2) is 15.0 Å². The normalized spacial score (nSPS) is 19.0. The molecule has 0 saturated heterocycles. The predicted octanol–water partition coefficient (Wildman–Crippen LogP) is 13.9. The number of hydrogen-bond donors (Lipinski definition) is 0. The molecule has 3 unspecified atom stereocenters. The molecule has 1 aromatic heterocycles. The molecule has 1 fully saturated rings. The van der Waals surface area contributed by atoms with Gasteiger partial charge in [-0.3, -0.25) is 0 Å². The van der Waals surface area contributed by atoms with E-state index in [1.807, 2.05) is 24.3 Å². The van der Waals surface area contributed by atoms with Crippen molar-refractivity contribution in [3.8, 4) is 78.7 Å². The summed E-state index contributed by atoms with van der Waals surface area (Å²) >= 11 is 0. The van der Waals surface area contributed by atoms with Crippen molar-refractivity contribution in [1.29, 1.82) is 0 Å². The highest BCUT2D eigenvalue weighted by Crippen LogP contribution is 2.61. The molecular formula is C55H43N3. The first kappa shape index (κ1) is 34.5. The molecular weight excluding hydrogens is 703 g/mol. The molecule has 1 heterocycles. The SMILES string of the molecule is CC1C=C2CC(CCC23c2ccccc2-c2cc(-c4cccc(-c5cccc(-c6nc(-c7ccccc7)nc(-c7ccc(-c8ccccc8)cc7)n6)c5)c4)ccc23)C1. The van der Waals surface area contributed by atoms with Crippen molar-refractivity contribution < 1.29 is 0 Å². The quantitative estimate of drug-likeness (QED) is 0.159. The monoisotopic (exact) mass is 745 g/mol. The molecule has 0 aliphatic heterocycles. The van der Waals surface area contributed by atoms with Gasteiger partial charge in [-0.1, -0.05) is 176 Å². The molecule has 1 spiro atoms. The Labute approximate surface area is 340 Å². The average Bonchev–Trinajstić information content (AvgIpc) is 3.57. The van der Waals surface area contributed by atoms with Crippen molar-refractivity contribution in [3.05, 3.63) is 199 Å². The Morgan fingerprint density at radius 3 is 1.62 bits per heavy atom. The third-order valence-corrected chi connectivity index (χ3v) is 12.9. The van der Waals surface area contributed by atoms with Gasteiger partial charge in [0.1, 0.15) is 0 Å². The van der Waals surface area contributed by atoms with E-state index < -0.39 is 0 Å². The van der Waals surface area contributed by atoms with E-state index in [9.17, 15) is 0 Å². The zero-order valence-electron chi connectivity index (χ0n) is 32.6. The van der Waals surface area contributed by atoms with Crippen LogP contribution in [0.3, 0.4) is 0 Å². The van der Waals surface area contributed by atoms with Crippen molar-refractivity contribution in [2.45, 2.75) is 38.0 Å². The van der Waals surface area contributed by atoms with Crippen LogP contribution in [0, 0.1) is 11.8 Å². The van der Waals surface area contributed by atoms with Gasteiger partial charge in [0.15, 0.2) is 17.5 Å². The number of fused-ring (bicyclic) bond motifs is 8. The van der Waals surface area contributed by atoms with Crippen molar-refractivity contribution in [3.63, 3.8) is 0 Å². The number of rotatable bonds is 6. The lowest BCUT2D eigenvalue weighted by Gasteiger charge is -2.45. The van der Waals surface area contributed by atoms with Crippen LogP contribution in [0.1, 0.15) is 43.7 Å². The zero-order valence-corrected chi connectivity index (χ0v) is 32.6. The summed E-state index contributed by atoms with van der Waals surface area (Å²) in [6, 6.07) is 63.2. The number of aromatic nitrogens is 3. The van der Waals surface area contributed by atoms with Gasteiger partial charge >= 0.3 is 0 Å². The minimum Gasteiger partial charge on any atom is -0.208 e. The minimum atomic E-state index is 0.0127. The summed E-state index contributed by atoms with van der Waals surface area (Å²) in [4.78, 5) is 15.1. The largest absolute Gasteiger partial charge is 0.208 e. The molecule has 0 amide bonds. The van der Waals surface area contributed by atoms with E-state index in [1.165, 1.54) is 64.6 Å². The highest BCUT2D eigenvalue weighted by Gasteiger charge is 2.49. The predicted molar refractivity (Wildman–Crippen MR) is 238 cm³/mol. The second-order valence-electron chi connectivity index (χ2n) is 16.5. The second-order valence-corrected chi connectivity index (χ2v) is 16.5. The van der Waals surface area contributed by atoms with E-state index in [2.05, 4.69) is 165 Å². The van der Waals surface area contributed by atoms with Crippen LogP contribution in [0.15, 0.2) is 188 Å². The second kappa shape index (κ2) is 14.0. The highest BCUT2D eigenvalue weighted by atomic mass is 15.0. The molecule has 3 aliphatic carbocycles. The third kappa shape index (κ3) is 5.92. The van der Waals surface area contributed by atoms with Crippen molar-refractivity contribution in [1.82, 2.24) is 15.0 Å². The van der Waals surface area contributed by atoms with Crippen LogP contribution in [0.4, 0.5) is 0 Å². The molecule has 8 aromatic rings. The van der Waals surface area contributed by atoms with Crippen LogP contribution in [0.25, 0.3) is 78.7 Å². The van der Waals surface area contributed by atoms with Gasteiger partial charge in [-0.15, -0.1) is 0 Å². The fourth-order valence-corrected chi connectivity index (χ4v) is 10.2. The first-order valence-electron chi connectivity index (χ1n) is 20.7. The first-order valence-corrected chi connectivity index (χ1v) is 20.7. The summed E-state index contributed by atoms with van der Waals surface area (Å²) in [5, 5.41) is 0. The molecule has 2 bridgehead atoms.